The van der Waals surface area contributed by atoms with Crippen LogP contribution in [-0.2, 0) is 21.4 Å². The Bertz CT molecular complexity index is 979. The largest absolute Gasteiger partial charge is 0.483 e. The molecule has 0 atom stereocenters. The van der Waals surface area contributed by atoms with Crippen LogP contribution in [0, 0.1) is 6.92 Å². The summed E-state index contributed by atoms with van der Waals surface area (Å²) in [4.78, 5) is 12.5. The van der Waals surface area contributed by atoms with E-state index in [9.17, 15) is 13.2 Å². The van der Waals surface area contributed by atoms with Crippen LogP contribution < -0.4 is 10.1 Å². The Balaban J connectivity index is 1.53. The molecule has 6 nitrogen and oxygen atoms in total. The third-order valence-electron chi connectivity index (χ3n) is 5.27. The van der Waals surface area contributed by atoms with Crippen molar-refractivity contribution in [1.82, 2.24) is 9.62 Å². The maximum absolute atomic E-state index is 12.6. The van der Waals surface area contributed by atoms with Gasteiger partial charge in [0.2, 0.25) is 10.0 Å². The van der Waals surface area contributed by atoms with Crippen molar-refractivity contribution in [2.45, 2.75) is 51.0 Å². The van der Waals surface area contributed by atoms with Crippen LogP contribution >= 0.6 is 0 Å². The van der Waals surface area contributed by atoms with Crippen molar-refractivity contribution in [1.29, 1.82) is 0 Å². The fraction of sp³-hybridized carbons (Fsp3) is 0.435. The molecule has 162 valence electrons. The van der Waals surface area contributed by atoms with Crippen LogP contribution in [0.15, 0.2) is 47.4 Å². The van der Waals surface area contributed by atoms with Crippen molar-refractivity contribution < 1.29 is 17.9 Å². The van der Waals surface area contributed by atoms with Crippen molar-refractivity contribution >= 4 is 15.9 Å². The molecule has 7 heteroatoms. The molecule has 0 radical (unpaired) electrons. The van der Waals surface area contributed by atoms with Gasteiger partial charge in [-0.1, -0.05) is 38.1 Å². The van der Waals surface area contributed by atoms with Gasteiger partial charge in [-0.3, -0.25) is 4.79 Å². The fourth-order valence-corrected chi connectivity index (χ4v) is 5.01. The van der Waals surface area contributed by atoms with Crippen LogP contribution in [-0.4, -0.2) is 38.3 Å². The van der Waals surface area contributed by atoms with E-state index < -0.39 is 10.0 Å². The zero-order valence-electron chi connectivity index (χ0n) is 17.8. The molecule has 3 rings (SSSR count). The maximum atomic E-state index is 12.6. The van der Waals surface area contributed by atoms with E-state index in [-0.39, 0.29) is 12.5 Å². The Morgan fingerprint density at radius 1 is 1.10 bits per heavy atom. The van der Waals surface area contributed by atoms with Crippen molar-refractivity contribution in [3.8, 4) is 5.75 Å². The smallest absolute Gasteiger partial charge is 0.258 e. The number of benzene rings is 2. The molecule has 0 aliphatic carbocycles. The average molecular weight is 431 g/mol. The summed E-state index contributed by atoms with van der Waals surface area (Å²) in [5.41, 5.74) is 2.99. The summed E-state index contributed by atoms with van der Waals surface area (Å²) in [6.07, 6.45) is 1.82. The second-order valence-corrected chi connectivity index (χ2v) is 9.95. The minimum Gasteiger partial charge on any atom is -0.483 e. The third-order valence-corrected chi connectivity index (χ3v) is 7.18. The van der Waals surface area contributed by atoms with E-state index in [0.29, 0.717) is 30.4 Å². The van der Waals surface area contributed by atoms with E-state index in [2.05, 4.69) is 19.2 Å². The first-order valence-corrected chi connectivity index (χ1v) is 11.8. The van der Waals surface area contributed by atoms with Crippen molar-refractivity contribution in [2.24, 2.45) is 0 Å². The number of nitrogens with zero attached hydrogens (tertiary/aromatic N) is 1. The highest BCUT2D eigenvalue weighted by Gasteiger charge is 2.26. The molecule has 1 N–H and O–H groups in total. The zero-order chi connectivity index (χ0) is 21.7. The van der Waals surface area contributed by atoms with Gasteiger partial charge in [-0.05, 0) is 60.6 Å². The molecule has 2 aromatic rings. The molecule has 0 spiro atoms. The molecule has 1 amide bonds. The molecule has 0 bridgehead atoms. The number of sulfonamides is 1. The Hall–Kier alpha value is -2.38. The van der Waals surface area contributed by atoms with E-state index in [1.807, 2.05) is 25.1 Å². The van der Waals surface area contributed by atoms with Gasteiger partial charge in [0.1, 0.15) is 5.75 Å². The van der Waals surface area contributed by atoms with Gasteiger partial charge < -0.3 is 10.1 Å². The number of aryl methyl sites for hydroxylation is 1. The first kappa shape index (κ1) is 22.3. The fourth-order valence-electron chi connectivity index (χ4n) is 3.50. The van der Waals surface area contributed by atoms with E-state index in [0.717, 1.165) is 35.3 Å². The van der Waals surface area contributed by atoms with Gasteiger partial charge in [-0.25, -0.2) is 8.42 Å². The topological polar surface area (TPSA) is 75.7 Å². The Kier molecular flexibility index (Phi) is 7.15. The highest BCUT2D eigenvalue weighted by Crippen LogP contribution is 2.27. The molecule has 0 unspecified atom stereocenters. The van der Waals surface area contributed by atoms with E-state index in [4.69, 9.17) is 4.74 Å². The summed E-state index contributed by atoms with van der Waals surface area (Å²) in [5, 5.41) is 2.82. The zero-order valence-corrected chi connectivity index (χ0v) is 18.7. The Morgan fingerprint density at radius 3 is 2.40 bits per heavy atom. The van der Waals surface area contributed by atoms with Crippen LogP contribution in [0.1, 0.15) is 49.3 Å². The maximum Gasteiger partial charge on any atom is 0.258 e. The summed E-state index contributed by atoms with van der Waals surface area (Å²) in [6, 6.07) is 12.7. The predicted molar refractivity (Wildman–Crippen MR) is 117 cm³/mol. The highest BCUT2D eigenvalue weighted by molar-refractivity contribution is 7.89. The lowest BCUT2D eigenvalue weighted by molar-refractivity contribution is -0.123. The predicted octanol–water partition coefficient (Wildman–Crippen LogP) is 3.60. The summed E-state index contributed by atoms with van der Waals surface area (Å²) >= 11 is 0. The third kappa shape index (κ3) is 5.40. The highest BCUT2D eigenvalue weighted by atomic mass is 32.2. The lowest BCUT2D eigenvalue weighted by Gasteiger charge is -2.16. The summed E-state index contributed by atoms with van der Waals surface area (Å²) < 4.78 is 32.4. The van der Waals surface area contributed by atoms with Crippen molar-refractivity contribution in [3.05, 3.63) is 59.2 Å². The lowest BCUT2D eigenvalue weighted by Crippen LogP contribution is -2.29. The van der Waals surface area contributed by atoms with E-state index in [1.165, 1.54) is 4.31 Å². The van der Waals surface area contributed by atoms with Gasteiger partial charge in [0.25, 0.3) is 5.91 Å². The molecule has 30 heavy (non-hydrogen) atoms. The Labute approximate surface area is 179 Å². The molecule has 1 heterocycles. The molecule has 1 saturated heterocycles. The van der Waals surface area contributed by atoms with E-state index >= 15 is 0 Å². The summed E-state index contributed by atoms with van der Waals surface area (Å²) in [5.74, 6) is 0.815. The monoisotopic (exact) mass is 430 g/mol. The Morgan fingerprint density at radius 2 is 1.77 bits per heavy atom. The SMILES string of the molecule is Cc1ccc(C(C)C)c(OCC(=O)NCc2ccc(S(=O)(=O)N3CCCC3)cc2)c1. The van der Waals surface area contributed by atoms with Crippen molar-refractivity contribution in [2.75, 3.05) is 19.7 Å². The molecular weight excluding hydrogens is 400 g/mol. The standard InChI is InChI=1S/C23H30N2O4S/c1-17(2)21-11-6-18(3)14-22(21)29-16-23(26)24-15-19-7-9-20(10-8-19)30(27,28)25-12-4-5-13-25/h6-11,14,17H,4-5,12-13,15-16H2,1-3H3,(H,24,26). The second kappa shape index (κ2) is 9.62. The van der Waals surface area contributed by atoms with Gasteiger partial charge in [-0.2, -0.15) is 4.31 Å². The minimum absolute atomic E-state index is 0.0649. The number of hydrogen-bond acceptors (Lipinski definition) is 4. The second-order valence-electron chi connectivity index (χ2n) is 8.02. The van der Waals surface area contributed by atoms with Crippen LogP contribution in [0.4, 0.5) is 0 Å². The first-order valence-electron chi connectivity index (χ1n) is 10.4. The van der Waals surface area contributed by atoms with Gasteiger partial charge in [0, 0.05) is 19.6 Å². The number of rotatable bonds is 8. The van der Waals surface area contributed by atoms with Crippen LogP contribution in [0.3, 0.4) is 0 Å². The van der Waals surface area contributed by atoms with Crippen molar-refractivity contribution in [3.63, 3.8) is 0 Å². The molecule has 1 aliphatic heterocycles. The van der Waals surface area contributed by atoms with Gasteiger partial charge in [0.05, 0.1) is 4.90 Å². The van der Waals surface area contributed by atoms with Crippen LogP contribution in [0.5, 0.6) is 5.75 Å². The average Bonchev–Trinajstić information content (AvgIpc) is 3.26. The molecule has 1 fully saturated rings. The minimum atomic E-state index is -3.41. The van der Waals surface area contributed by atoms with Crippen LogP contribution in [0.2, 0.25) is 0 Å². The molecule has 0 aromatic heterocycles. The molecule has 0 saturated carbocycles. The molecule has 2 aromatic carbocycles. The number of amides is 1. The summed E-state index contributed by atoms with van der Waals surface area (Å²) in [7, 11) is -3.41. The van der Waals surface area contributed by atoms with Gasteiger partial charge >= 0.3 is 0 Å². The lowest BCUT2D eigenvalue weighted by atomic mass is 10.0. The first-order chi connectivity index (χ1) is 14.3. The molecular formula is C23H30N2O4S. The number of carbonyl (C=O) groups excluding carboxylic acids is 1. The van der Waals surface area contributed by atoms with Gasteiger partial charge in [-0.15, -0.1) is 0 Å². The van der Waals surface area contributed by atoms with Gasteiger partial charge in [0.15, 0.2) is 6.61 Å². The number of hydrogen-bond donors (Lipinski definition) is 1. The molecule has 1 aliphatic rings. The number of ether oxygens (including phenoxy) is 1. The normalized spacial score (nSPS) is 14.8. The quantitative estimate of drug-likeness (QED) is 0.694. The van der Waals surface area contributed by atoms with Crippen LogP contribution in [0.25, 0.3) is 0 Å². The number of nitrogens with one attached hydrogen (secondary N) is 1. The summed E-state index contributed by atoms with van der Waals surface area (Å²) in [6.45, 7) is 7.59. The van der Waals surface area contributed by atoms with E-state index in [1.54, 1.807) is 24.3 Å². The number of carbonyl (C=O) groups is 1.